The first kappa shape index (κ1) is 7.44. The zero-order chi connectivity index (χ0) is 7.40. The summed E-state index contributed by atoms with van der Waals surface area (Å²) in [5.41, 5.74) is 4.86. The van der Waals surface area contributed by atoms with Crippen LogP contribution in [0.15, 0.2) is 35.2 Å². The molecule has 0 bridgehead atoms. The Morgan fingerprint density at radius 1 is 1.30 bits per heavy atom. The van der Waals surface area contributed by atoms with Gasteiger partial charge in [0.25, 0.3) is 0 Å². The quantitative estimate of drug-likeness (QED) is 0.275. The molecule has 0 radical (unpaired) electrons. The third kappa shape index (κ3) is 2.29. The van der Waals surface area contributed by atoms with Crippen LogP contribution in [0.1, 0.15) is 0 Å². The molecule has 1 aromatic rings. The highest BCUT2D eigenvalue weighted by Crippen LogP contribution is 2.08. The van der Waals surface area contributed by atoms with Gasteiger partial charge in [0.05, 0.1) is 0 Å². The predicted molar refractivity (Wildman–Crippen MR) is 44.0 cm³/mol. The third-order valence-electron chi connectivity index (χ3n) is 0.992. The molecule has 0 saturated carbocycles. The lowest BCUT2D eigenvalue weighted by atomic mass is 10.4. The van der Waals surface area contributed by atoms with E-state index in [1.165, 1.54) is 0 Å². The van der Waals surface area contributed by atoms with Gasteiger partial charge in [0.15, 0.2) is 5.24 Å². The summed E-state index contributed by atoms with van der Waals surface area (Å²) in [5, 5.41) is -0.564. The zero-order valence-corrected chi connectivity index (χ0v) is 6.18. The van der Waals surface area contributed by atoms with Gasteiger partial charge in [-0.25, -0.2) is 0 Å². The van der Waals surface area contributed by atoms with Crippen molar-refractivity contribution >= 4 is 16.6 Å². The summed E-state index contributed by atoms with van der Waals surface area (Å²) in [6, 6.07) is 9.24. The van der Waals surface area contributed by atoms with Crippen molar-refractivity contribution in [2.45, 2.75) is 4.90 Å². The molecule has 54 valence electrons. The van der Waals surface area contributed by atoms with Gasteiger partial charge in [0.2, 0.25) is 0 Å². The Labute approximate surface area is 62.6 Å². The van der Waals surface area contributed by atoms with Crippen molar-refractivity contribution in [1.29, 1.82) is 0 Å². The van der Waals surface area contributed by atoms with Crippen molar-refractivity contribution < 1.29 is 4.39 Å². The van der Waals surface area contributed by atoms with Crippen LogP contribution in [0.25, 0.3) is 0 Å². The molecule has 0 amide bonds. The Balaban J connectivity index is 2.87. The topological polar surface area (TPSA) is 26.0 Å². The van der Waals surface area contributed by atoms with Crippen LogP contribution < -0.4 is 5.73 Å². The molecule has 0 spiro atoms. The van der Waals surface area contributed by atoms with E-state index in [9.17, 15) is 4.39 Å². The molecule has 0 heterocycles. The maximum absolute atomic E-state index is 12.1. The molecular weight excluding hydrogens is 149 g/mol. The summed E-state index contributed by atoms with van der Waals surface area (Å²) < 4.78 is 12.1. The molecular formula is C7H8FNS. The lowest BCUT2D eigenvalue weighted by Gasteiger charge is -1.89. The first-order valence-corrected chi connectivity index (χ1v) is 3.73. The maximum Gasteiger partial charge on any atom is 0.190 e. The average molecular weight is 157 g/mol. The average Bonchev–Trinajstić information content (AvgIpc) is 1.88. The van der Waals surface area contributed by atoms with Gasteiger partial charge in [-0.2, -0.15) is 4.39 Å². The summed E-state index contributed by atoms with van der Waals surface area (Å²) >= 11 is 0.457. The molecule has 10 heavy (non-hydrogen) atoms. The fourth-order valence-corrected chi connectivity index (χ4v) is 1.19. The minimum absolute atomic E-state index is 0.457. The monoisotopic (exact) mass is 157 g/mol. The van der Waals surface area contributed by atoms with E-state index in [-0.39, 0.29) is 0 Å². The molecule has 0 aliphatic rings. The van der Waals surface area contributed by atoms with Crippen LogP contribution in [-0.4, -0.2) is 5.24 Å². The van der Waals surface area contributed by atoms with E-state index in [2.05, 4.69) is 0 Å². The normalized spacial score (nSPS) is 12.4. The smallest absolute Gasteiger partial charge is 0.190 e. The Morgan fingerprint density at radius 2 is 1.90 bits per heavy atom. The Bertz CT molecular complexity index is 229. The van der Waals surface area contributed by atoms with Gasteiger partial charge in [-0.1, -0.05) is 18.2 Å². The SMILES string of the molecule is NC(F)=[SH]c1ccccc1. The van der Waals surface area contributed by atoms with Gasteiger partial charge in [0.1, 0.15) is 0 Å². The number of rotatable bonds is 1. The van der Waals surface area contributed by atoms with Crippen molar-refractivity contribution in [2.75, 3.05) is 0 Å². The first-order valence-electron chi connectivity index (χ1n) is 2.84. The molecule has 0 saturated heterocycles. The molecule has 1 nitrogen and oxygen atoms in total. The molecule has 0 fully saturated rings. The van der Waals surface area contributed by atoms with E-state index in [1.54, 1.807) is 0 Å². The van der Waals surface area contributed by atoms with Crippen LogP contribution in [0.5, 0.6) is 0 Å². The summed E-state index contributed by atoms with van der Waals surface area (Å²) in [4.78, 5) is 0.877. The molecule has 0 aliphatic carbocycles. The molecule has 0 unspecified atom stereocenters. The lowest BCUT2D eigenvalue weighted by Crippen LogP contribution is -1.99. The molecule has 3 heteroatoms. The molecule has 1 aromatic carbocycles. The number of hydrogen-bond acceptors (Lipinski definition) is 0. The highest BCUT2D eigenvalue weighted by molar-refractivity contribution is 7.98. The number of hydrogen-bond donors (Lipinski definition) is 2. The third-order valence-corrected chi connectivity index (χ3v) is 1.76. The van der Waals surface area contributed by atoms with Gasteiger partial charge < -0.3 is 0 Å². The van der Waals surface area contributed by atoms with Crippen LogP contribution in [0, 0.1) is 0 Å². The van der Waals surface area contributed by atoms with E-state index in [0.29, 0.717) is 11.4 Å². The lowest BCUT2D eigenvalue weighted by molar-refractivity contribution is 0.816. The van der Waals surface area contributed by atoms with Gasteiger partial charge in [-0.3, -0.25) is 5.73 Å². The Hall–Kier alpha value is -0.670. The molecule has 1 rings (SSSR count). The minimum Gasteiger partial charge on any atom is -0.273 e. The number of thiol groups is 1. The van der Waals surface area contributed by atoms with E-state index in [1.807, 2.05) is 30.3 Å². The summed E-state index contributed by atoms with van der Waals surface area (Å²) in [6.07, 6.45) is 0. The standard InChI is InChI=1S/C7H8FNS/c8-7(9)10-6-4-2-1-3-5-6/h1-5,10H,9H2. The first-order chi connectivity index (χ1) is 4.79. The van der Waals surface area contributed by atoms with Crippen LogP contribution in [0.2, 0.25) is 0 Å². The highest BCUT2D eigenvalue weighted by Gasteiger charge is 1.84. The van der Waals surface area contributed by atoms with Gasteiger partial charge >= 0.3 is 0 Å². The Kier molecular flexibility index (Phi) is 2.59. The summed E-state index contributed by atoms with van der Waals surface area (Å²) in [7, 11) is 0. The number of benzene rings is 1. The second-order valence-electron chi connectivity index (χ2n) is 1.77. The Morgan fingerprint density at radius 3 is 2.40 bits per heavy atom. The van der Waals surface area contributed by atoms with E-state index in [4.69, 9.17) is 5.73 Å². The summed E-state index contributed by atoms with van der Waals surface area (Å²) in [6.45, 7) is 0. The fourth-order valence-electron chi connectivity index (χ4n) is 0.626. The molecule has 0 aliphatic heterocycles. The van der Waals surface area contributed by atoms with Crippen LogP contribution in [0.4, 0.5) is 4.39 Å². The number of nitrogens with two attached hydrogens (primary N) is 1. The van der Waals surface area contributed by atoms with E-state index in [0.717, 1.165) is 4.90 Å². The van der Waals surface area contributed by atoms with Gasteiger partial charge in [0, 0.05) is 4.90 Å². The van der Waals surface area contributed by atoms with E-state index < -0.39 is 5.24 Å². The van der Waals surface area contributed by atoms with Crippen LogP contribution in [0.3, 0.4) is 0 Å². The molecule has 0 aromatic heterocycles. The zero-order valence-electron chi connectivity index (χ0n) is 5.29. The second-order valence-corrected chi connectivity index (χ2v) is 2.94. The van der Waals surface area contributed by atoms with Gasteiger partial charge in [-0.15, -0.1) is 11.4 Å². The molecule has 2 N–H and O–H groups in total. The van der Waals surface area contributed by atoms with Crippen molar-refractivity contribution in [2.24, 2.45) is 5.73 Å². The highest BCUT2D eigenvalue weighted by atomic mass is 32.1. The maximum atomic E-state index is 12.1. The van der Waals surface area contributed by atoms with Crippen molar-refractivity contribution in [1.82, 2.24) is 0 Å². The van der Waals surface area contributed by atoms with Gasteiger partial charge in [-0.05, 0) is 12.1 Å². The van der Waals surface area contributed by atoms with Crippen molar-refractivity contribution in [3.8, 4) is 0 Å². The largest absolute Gasteiger partial charge is 0.273 e. The minimum atomic E-state index is -0.564. The van der Waals surface area contributed by atoms with Crippen molar-refractivity contribution in [3.05, 3.63) is 30.3 Å². The fraction of sp³-hybridized carbons (Fsp3) is 0. The second kappa shape index (κ2) is 3.49. The molecule has 0 atom stereocenters. The number of halogens is 1. The van der Waals surface area contributed by atoms with Crippen LogP contribution >= 0.6 is 11.4 Å². The predicted octanol–water partition coefficient (Wildman–Crippen LogP) is 1.53. The van der Waals surface area contributed by atoms with E-state index >= 15 is 0 Å². The van der Waals surface area contributed by atoms with Crippen LogP contribution in [-0.2, 0) is 0 Å². The summed E-state index contributed by atoms with van der Waals surface area (Å²) in [5.74, 6) is 0. The van der Waals surface area contributed by atoms with Crippen molar-refractivity contribution in [3.63, 3.8) is 0 Å².